The second-order valence-electron chi connectivity index (χ2n) is 5.71. The monoisotopic (exact) mass is 375 g/mol. The van der Waals surface area contributed by atoms with Crippen LogP contribution in [-0.2, 0) is 11.2 Å². The SMILES string of the molecule is CC(C)Oc1ccc(/C=N/NC(=O)Cc2ccccc2[N+](=O)[O-])cc1Cl. The number of rotatable bonds is 7. The predicted molar refractivity (Wildman–Crippen MR) is 99.8 cm³/mol. The van der Waals surface area contributed by atoms with E-state index < -0.39 is 10.8 Å². The fourth-order valence-electron chi connectivity index (χ4n) is 2.18. The van der Waals surface area contributed by atoms with Gasteiger partial charge in [-0.1, -0.05) is 29.8 Å². The fourth-order valence-corrected chi connectivity index (χ4v) is 2.41. The summed E-state index contributed by atoms with van der Waals surface area (Å²) in [7, 11) is 0. The Morgan fingerprint density at radius 1 is 1.35 bits per heavy atom. The molecular weight excluding hydrogens is 358 g/mol. The standard InChI is InChI=1S/C18H18ClN3O4/c1-12(2)26-17-8-7-13(9-15(17)19)11-20-21-18(23)10-14-5-3-4-6-16(14)22(24)25/h3-9,11-12H,10H2,1-2H3,(H,21,23)/b20-11+. The van der Waals surface area contributed by atoms with Gasteiger partial charge in [-0.3, -0.25) is 14.9 Å². The van der Waals surface area contributed by atoms with Crippen LogP contribution in [-0.4, -0.2) is 23.1 Å². The van der Waals surface area contributed by atoms with E-state index in [-0.39, 0.29) is 18.2 Å². The van der Waals surface area contributed by atoms with Crippen molar-refractivity contribution in [1.82, 2.24) is 5.43 Å². The van der Waals surface area contributed by atoms with Gasteiger partial charge >= 0.3 is 0 Å². The molecule has 136 valence electrons. The average Bonchev–Trinajstić information content (AvgIpc) is 2.57. The van der Waals surface area contributed by atoms with E-state index >= 15 is 0 Å². The third kappa shape index (κ3) is 5.56. The summed E-state index contributed by atoms with van der Waals surface area (Å²) in [5.41, 5.74) is 3.25. The molecule has 0 saturated carbocycles. The Morgan fingerprint density at radius 2 is 2.08 bits per heavy atom. The summed E-state index contributed by atoms with van der Waals surface area (Å²) in [6, 6.07) is 11.2. The first-order valence-electron chi connectivity index (χ1n) is 7.87. The van der Waals surface area contributed by atoms with Gasteiger partial charge in [-0.05, 0) is 37.6 Å². The van der Waals surface area contributed by atoms with Crippen LogP contribution in [0.25, 0.3) is 0 Å². The number of halogens is 1. The number of nitro benzene ring substituents is 1. The van der Waals surface area contributed by atoms with Gasteiger partial charge in [-0.25, -0.2) is 5.43 Å². The normalized spacial score (nSPS) is 10.9. The van der Waals surface area contributed by atoms with Crippen molar-refractivity contribution in [2.75, 3.05) is 0 Å². The van der Waals surface area contributed by atoms with E-state index in [9.17, 15) is 14.9 Å². The molecule has 0 fully saturated rings. The fraction of sp³-hybridized carbons (Fsp3) is 0.222. The van der Waals surface area contributed by atoms with Gasteiger partial charge in [0, 0.05) is 11.6 Å². The highest BCUT2D eigenvalue weighted by atomic mass is 35.5. The lowest BCUT2D eigenvalue weighted by Crippen LogP contribution is -2.20. The van der Waals surface area contributed by atoms with Gasteiger partial charge in [0.05, 0.1) is 28.7 Å². The Morgan fingerprint density at radius 3 is 2.73 bits per heavy atom. The molecule has 0 aromatic heterocycles. The number of carbonyl (C=O) groups is 1. The highest BCUT2D eigenvalue weighted by Gasteiger charge is 2.15. The summed E-state index contributed by atoms with van der Waals surface area (Å²) in [5, 5.41) is 15.2. The van der Waals surface area contributed by atoms with Crippen LogP contribution in [0.15, 0.2) is 47.6 Å². The van der Waals surface area contributed by atoms with E-state index in [1.807, 2.05) is 13.8 Å². The quantitative estimate of drug-likeness (QED) is 0.453. The second-order valence-corrected chi connectivity index (χ2v) is 6.12. The van der Waals surface area contributed by atoms with E-state index in [1.54, 1.807) is 30.3 Å². The van der Waals surface area contributed by atoms with Crippen LogP contribution in [0, 0.1) is 10.1 Å². The highest BCUT2D eigenvalue weighted by Crippen LogP contribution is 2.25. The molecule has 0 aliphatic heterocycles. The number of hydrazone groups is 1. The van der Waals surface area contributed by atoms with Crippen molar-refractivity contribution in [3.8, 4) is 5.75 Å². The van der Waals surface area contributed by atoms with Crippen LogP contribution in [0.1, 0.15) is 25.0 Å². The molecule has 0 aliphatic carbocycles. The maximum absolute atomic E-state index is 11.9. The lowest BCUT2D eigenvalue weighted by atomic mass is 10.1. The molecule has 0 bridgehead atoms. The van der Waals surface area contributed by atoms with Crippen molar-refractivity contribution < 1.29 is 14.5 Å². The van der Waals surface area contributed by atoms with Gasteiger partial charge in [0.1, 0.15) is 5.75 Å². The van der Waals surface area contributed by atoms with E-state index in [0.717, 1.165) is 0 Å². The molecule has 8 heteroatoms. The Kier molecular flexibility index (Phi) is 6.68. The molecule has 7 nitrogen and oxygen atoms in total. The second kappa shape index (κ2) is 8.96. The number of nitro groups is 1. The maximum atomic E-state index is 11.9. The number of amides is 1. The van der Waals surface area contributed by atoms with Crippen LogP contribution in [0.2, 0.25) is 5.02 Å². The predicted octanol–water partition coefficient (Wildman–Crippen LogP) is 3.73. The van der Waals surface area contributed by atoms with Crippen molar-refractivity contribution in [3.05, 3.63) is 68.7 Å². The number of nitrogens with zero attached hydrogens (tertiary/aromatic N) is 2. The lowest BCUT2D eigenvalue weighted by molar-refractivity contribution is -0.385. The molecule has 0 heterocycles. The number of hydrogen-bond acceptors (Lipinski definition) is 5. The summed E-state index contributed by atoms with van der Waals surface area (Å²) >= 11 is 6.13. The molecule has 0 spiro atoms. The first-order valence-corrected chi connectivity index (χ1v) is 8.25. The van der Waals surface area contributed by atoms with Crippen molar-refractivity contribution in [3.63, 3.8) is 0 Å². The van der Waals surface area contributed by atoms with Crippen molar-refractivity contribution in [1.29, 1.82) is 0 Å². The summed E-state index contributed by atoms with van der Waals surface area (Å²) in [6.45, 7) is 3.80. The van der Waals surface area contributed by atoms with Crippen molar-refractivity contribution in [2.45, 2.75) is 26.4 Å². The molecule has 2 aromatic carbocycles. The summed E-state index contributed by atoms with van der Waals surface area (Å²) in [5.74, 6) is 0.112. The molecule has 0 radical (unpaired) electrons. The largest absolute Gasteiger partial charge is 0.489 e. The van der Waals surface area contributed by atoms with Crippen LogP contribution >= 0.6 is 11.6 Å². The molecule has 26 heavy (non-hydrogen) atoms. The Hall–Kier alpha value is -2.93. The first-order chi connectivity index (χ1) is 12.4. The van der Waals surface area contributed by atoms with Crippen LogP contribution in [0.5, 0.6) is 5.75 Å². The van der Waals surface area contributed by atoms with Gasteiger partial charge in [-0.15, -0.1) is 0 Å². The minimum Gasteiger partial charge on any atom is -0.489 e. The minimum atomic E-state index is -0.519. The molecule has 1 N–H and O–H groups in total. The van der Waals surface area contributed by atoms with Gasteiger partial charge in [0.2, 0.25) is 5.91 Å². The lowest BCUT2D eigenvalue weighted by Gasteiger charge is -2.11. The number of benzene rings is 2. The smallest absolute Gasteiger partial charge is 0.273 e. The van der Waals surface area contributed by atoms with Gasteiger partial charge < -0.3 is 4.74 Å². The summed E-state index contributed by atoms with van der Waals surface area (Å²) in [6.07, 6.45) is 1.30. The third-order valence-corrected chi connectivity index (χ3v) is 3.56. The number of carbonyl (C=O) groups excluding carboxylic acids is 1. The first kappa shape index (κ1) is 19.4. The Labute approximate surface area is 155 Å². The number of ether oxygens (including phenoxy) is 1. The Bertz CT molecular complexity index is 837. The highest BCUT2D eigenvalue weighted by molar-refractivity contribution is 6.32. The van der Waals surface area contributed by atoms with Crippen molar-refractivity contribution in [2.24, 2.45) is 5.10 Å². The third-order valence-electron chi connectivity index (χ3n) is 3.26. The molecule has 0 aliphatic rings. The van der Waals surface area contributed by atoms with Crippen LogP contribution in [0.4, 0.5) is 5.69 Å². The van der Waals surface area contributed by atoms with Gasteiger partial charge in [0.15, 0.2) is 0 Å². The maximum Gasteiger partial charge on any atom is 0.273 e. The number of para-hydroxylation sites is 1. The molecule has 1 amide bonds. The van der Waals surface area contributed by atoms with Gasteiger partial charge in [-0.2, -0.15) is 5.10 Å². The summed E-state index contributed by atoms with van der Waals surface area (Å²) in [4.78, 5) is 22.4. The van der Waals surface area contributed by atoms with Crippen LogP contribution in [0.3, 0.4) is 0 Å². The zero-order valence-corrected chi connectivity index (χ0v) is 15.1. The topological polar surface area (TPSA) is 93.8 Å². The Balaban J connectivity index is 1.97. The zero-order chi connectivity index (χ0) is 19.1. The van der Waals surface area contributed by atoms with Crippen LogP contribution < -0.4 is 10.2 Å². The van der Waals surface area contributed by atoms with E-state index in [4.69, 9.17) is 16.3 Å². The van der Waals surface area contributed by atoms with E-state index in [0.29, 0.717) is 21.9 Å². The zero-order valence-electron chi connectivity index (χ0n) is 14.3. The van der Waals surface area contributed by atoms with E-state index in [2.05, 4.69) is 10.5 Å². The molecule has 2 aromatic rings. The molecule has 0 atom stereocenters. The molecule has 2 rings (SSSR count). The average molecular weight is 376 g/mol. The minimum absolute atomic E-state index is 0.00773. The van der Waals surface area contributed by atoms with Gasteiger partial charge in [0.25, 0.3) is 5.69 Å². The number of nitrogens with one attached hydrogen (secondary N) is 1. The summed E-state index contributed by atoms with van der Waals surface area (Å²) < 4.78 is 5.54. The molecule has 0 unspecified atom stereocenters. The molecular formula is C18H18ClN3O4. The van der Waals surface area contributed by atoms with E-state index in [1.165, 1.54) is 18.3 Å². The van der Waals surface area contributed by atoms with Crippen molar-refractivity contribution >= 4 is 29.4 Å². The molecule has 0 saturated heterocycles. The number of hydrogen-bond donors (Lipinski definition) is 1.